The second-order valence-corrected chi connectivity index (χ2v) is 3.44. The van der Waals surface area contributed by atoms with Gasteiger partial charge in [-0.2, -0.15) is 0 Å². The highest BCUT2D eigenvalue weighted by atomic mass is 35.5. The van der Waals surface area contributed by atoms with Crippen LogP contribution < -0.4 is 0 Å². The summed E-state index contributed by atoms with van der Waals surface area (Å²) in [5, 5.41) is 0.404. The van der Waals surface area contributed by atoms with Crippen LogP contribution in [-0.2, 0) is 0 Å². The lowest BCUT2D eigenvalue weighted by Gasteiger charge is -2.02. The number of carbonyl (C=O) groups excluding carboxylic acids is 1. The number of hydrogen-bond acceptors (Lipinski definition) is 2. The average Bonchev–Trinajstić information content (AvgIpc) is 2.18. The van der Waals surface area contributed by atoms with Crippen molar-refractivity contribution in [1.82, 2.24) is 4.98 Å². The second kappa shape index (κ2) is 4.91. The zero-order chi connectivity index (χ0) is 10.6. The molecule has 0 unspecified atom stereocenters. The van der Waals surface area contributed by atoms with Crippen LogP contribution in [0, 0.1) is 0 Å². The van der Waals surface area contributed by atoms with Crippen molar-refractivity contribution in [2.24, 2.45) is 0 Å². The predicted molar refractivity (Wildman–Crippen MR) is 57.6 cm³/mol. The minimum atomic E-state index is -0.0672. The predicted octanol–water partition coefficient (Wildman–Crippen LogP) is 3.27. The van der Waals surface area contributed by atoms with E-state index in [4.69, 9.17) is 11.6 Å². The molecule has 0 spiro atoms. The van der Waals surface area contributed by atoms with Crippen molar-refractivity contribution in [3.05, 3.63) is 41.2 Å². The van der Waals surface area contributed by atoms with Crippen molar-refractivity contribution in [3.8, 4) is 0 Å². The summed E-state index contributed by atoms with van der Waals surface area (Å²) in [5.74, 6) is -0.0672. The first-order valence-corrected chi connectivity index (χ1v) is 4.83. The molecule has 0 aliphatic heterocycles. The molecule has 0 aliphatic carbocycles. The molecule has 1 heterocycles. The van der Waals surface area contributed by atoms with Crippen LogP contribution in [0.15, 0.2) is 30.5 Å². The highest BCUT2D eigenvalue weighted by Gasteiger charge is 2.11. The third kappa shape index (κ3) is 2.67. The fraction of sp³-hybridized carbons (Fsp3) is 0.273. The molecule has 0 N–H and O–H groups in total. The van der Waals surface area contributed by atoms with Crippen LogP contribution in [0.4, 0.5) is 0 Å². The van der Waals surface area contributed by atoms with Crippen LogP contribution in [0.3, 0.4) is 0 Å². The Morgan fingerprint density at radius 3 is 2.93 bits per heavy atom. The molecule has 14 heavy (non-hydrogen) atoms. The first-order chi connectivity index (χ1) is 6.65. The molecule has 1 rings (SSSR count). The lowest BCUT2D eigenvalue weighted by Crippen LogP contribution is -2.03. The van der Waals surface area contributed by atoms with Gasteiger partial charge in [-0.3, -0.25) is 9.78 Å². The van der Waals surface area contributed by atoms with Crippen molar-refractivity contribution in [2.45, 2.75) is 19.8 Å². The van der Waals surface area contributed by atoms with Crippen LogP contribution in [0.2, 0.25) is 5.02 Å². The van der Waals surface area contributed by atoms with Crippen LogP contribution in [-0.4, -0.2) is 10.8 Å². The van der Waals surface area contributed by atoms with Crippen LogP contribution in [0.5, 0.6) is 0 Å². The standard InChI is InChI=1S/C11H12ClNO/c1-3-8(2)7-10(14)11-9(12)5-4-6-13-11/h4-6H,2-3,7H2,1H3. The Bertz CT molecular complexity index is 360. The maximum absolute atomic E-state index is 11.6. The second-order valence-electron chi connectivity index (χ2n) is 3.04. The van der Waals surface area contributed by atoms with Gasteiger partial charge in [0.1, 0.15) is 5.69 Å². The van der Waals surface area contributed by atoms with Crippen molar-refractivity contribution in [2.75, 3.05) is 0 Å². The van der Waals surface area contributed by atoms with Gasteiger partial charge >= 0.3 is 0 Å². The number of hydrogen-bond donors (Lipinski definition) is 0. The Hall–Kier alpha value is -1.15. The summed E-state index contributed by atoms with van der Waals surface area (Å²) < 4.78 is 0. The third-order valence-corrected chi connectivity index (χ3v) is 2.24. The number of Topliss-reactive ketones (excluding diaryl/α,β-unsaturated/α-hetero) is 1. The van der Waals surface area contributed by atoms with E-state index in [1.54, 1.807) is 18.3 Å². The van der Waals surface area contributed by atoms with E-state index in [1.807, 2.05) is 6.92 Å². The van der Waals surface area contributed by atoms with Crippen LogP contribution in [0.1, 0.15) is 30.3 Å². The van der Waals surface area contributed by atoms with Gasteiger partial charge < -0.3 is 0 Å². The van der Waals surface area contributed by atoms with E-state index in [1.165, 1.54) is 0 Å². The van der Waals surface area contributed by atoms with E-state index < -0.39 is 0 Å². The largest absolute Gasteiger partial charge is 0.292 e. The lowest BCUT2D eigenvalue weighted by molar-refractivity contribution is 0.0988. The molecule has 0 atom stereocenters. The topological polar surface area (TPSA) is 30.0 Å². The van der Waals surface area contributed by atoms with Gasteiger partial charge in [-0.1, -0.05) is 30.7 Å². The number of rotatable bonds is 4. The summed E-state index contributed by atoms with van der Waals surface area (Å²) in [4.78, 5) is 15.6. The maximum Gasteiger partial charge on any atom is 0.186 e. The van der Waals surface area contributed by atoms with Crippen molar-refractivity contribution in [3.63, 3.8) is 0 Å². The minimum Gasteiger partial charge on any atom is -0.292 e. The van der Waals surface area contributed by atoms with E-state index in [2.05, 4.69) is 11.6 Å². The van der Waals surface area contributed by atoms with Crippen molar-refractivity contribution < 1.29 is 4.79 Å². The molecule has 1 aromatic heterocycles. The van der Waals surface area contributed by atoms with Gasteiger partial charge in [-0.05, 0) is 18.6 Å². The quantitative estimate of drug-likeness (QED) is 0.563. The van der Waals surface area contributed by atoms with E-state index >= 15 is 0 Å². The molecular weight excluding hydrogens is 198 g/mol. The molecule has 1 aromatic rings. The molecule has 0 fully saturated rings. The van der Waals surface area contributed by atoms with E-state index in [0.717, 1.165) is 12.0 Å². The van der Waals surface area contributed by atoms with Gasteiger partial charge in [0, 0.05) is 12.6 Å². The maximum atomic E-state index is 11.6. The van der Waals surface area contributed by atoms with Gasteiger partial charge in [0.25, 0.3) is 0 Å². The Labute approximate surface area is 88.6 Å². The molecule has 0 saturated carbocycles. The van der Waals surface area contributed by atoms with Crippen molar-refractivity contribution in [1.29, 1.82) is 0 Å². The number of carbonyl (C=O) groups is 1. The molecular formula is C11H12ClNO. The molecule has 0 bridgehead atoms. The molecule has 0 saturated heterocycles. The minimum absolute atomic E-state index is 0.0672. The first kappa shape index (κ1) is 10.9. The summed E-state index contributed by atoms with van der Waals surface area (Å²) >= 11 is 5.83. The zero-order valence-corrected chi connectivity index (χ0v) is 8.84. The smallest absolute Gasteiger partial charge is 0.186 e. The van der Waals surface area contributed by atoms with Gasteiger partial charge in [-0.25, -0.2) is 0 Å². The Morgan fingerprint density at radius 1 is 1.64 bits per heavy atom. The third-order valence-electron chi connectivity index (χ3n) is 1.93. The number of aromatic nitrogens is 1. The molecule has 74 valence electrons. The first-order valence-electron chi connectivity index (χ1n) is 4.45. The molecule has 0 radical (unpaired) electrons. The number of allylic oxidation sites excluding steroid dienone is 1. The van der Waals surface area contributed by atoms with Gasteiger partial charge in [0.15, 0.2) is 5.78 Å². The number of pyridine rings is 1. The summed E-state index contributed by atoms with van der Waals surface area (Å²) in [7, 11) is 0. The molecule has 0 aliphatic rings. The number of halogens is 1. The van der Waals surface area contributed by atoms with Gasteiger partial charge in [0.05, 0.1) is 5.02 Å². The average molecular weight is 210 g/mol. The lowest BCUT2D eigenvalue weighted by atomic mass is 10.1. The summed E-state index contributed by atoms with van der Waals surface area (Å²) in [5.41, 5.74) is 1.24. The highest BCUT2D eigenvalue weighted by Crippen LogP contribution is 2.16. The number of nitrogens with zero attached hydrogens (tertiary/aromatic N) is 1. The SMILES string of the molecule is C=C(CC)CC(=O)c1ncccc1Cl. The van der Waals surface area contributed by atoms with Gasteiger partial charge in [0.2, 0.25) is 0 Å². The Balaban J connectivity index is 2.80. The molecule has 2 nitrogen and oxygen atoms in total. The van der Waals surface area contributed by atoms with Crippen LogP contribution in [0.25, 0.3) is 0 Å². The van der Waals surface area contributed by atoms with Crippen LogP contribution >= 0.6 is 11.6 Å². The zero-order valence-electron chi connectivity index (χ0n) is 8.09. The summed E-state index contributed by atoms with van der Waals surface area (Å²) in [6, 6.07) is 3.37. The fourth-order valence-corrected chi connectivity index (χ4v) is 1.25. The van der Waals surface area contributed by atoms with E-state index in [-0.39, 0.29) is 5.78 Å². The Kier molecular flexibility index (Phi) is 3.84. The van der Waals surface area contributed by atoms with Gasteiger partial charge in [-0.15, -0.1) is 0 Å². The summed E-state index contributed by atoms with van der Waals surface area (Å²) in [6.45, 7) is 5.74. The number of ketones is 1. The van der Waals surface area contributed by atoms with E-state index in [9.17, 15) is 4.79 Å². The normalized spacial score (nSPS) is 9.86. The molecule has 0 aromatic carbocycles. The van der Waals surface area contributed by atoms with Crippen molar-refractivity contribution >= 4 is 17.4 Å². The molecule has 3 heteroatoms. The monoisotopic (exact) mass is 209 g/mol. The fourth-order valence-electron chi connectivity index (χ4n) is 1.03. The molecule has 0 amide bonds. The van der Waals surface area contributed by atoms with E-state index in [0.29, 0.717) is 17.1 Å². The summed E-state index contributed by atoms with van der Waals surface area (Å²) in [6.07, 6.45) is 2.69. The highest BCUT2D eigenvalue weighted by molar-refractivity contribution is 6.33. The Morgan fingerprint density at radius 2 is 2.36 bits per heavy atom.